The summed E-state index contributed by atoms with van der Waals surface area (Å²) < 4.78 is 5.39. The maximum absolute atomic E-state index is 12.5. The fraction of sp³-hybridized carbons (Fsp3) is 0.160. The summed E-state index contributed by atoms with van der Waals surface area (Å²) in [6.07, 6.45) is 0. The van der Waals surface area contributed by atoms with Crippen LogP contribution < -0.4 is 26.0 Å². The van der Waals surface area contributed by atoms with Crippen LogP contribution in [-0.4, -0.2) is 37.9 Å². The number of hydrogen-bond donors (Lipinski definition) is 4. The normalized spacial score (nSPS) is 10.2. The van der Waals surface area contributed by atoms with Crippen molar-refractivity contribution in [2.45, 2.75) is 6.92 Å². The number of nitrogens with one attached hydrogen (secondary N) is 4. The maximum atomic E-state index is 12.5. The van der Waals surface area contributed by atoms with Gasteiger partial charge in [-0.2, -0.15) is 0 Å². The van der Waals surface area contributed by atoms with Gasteiger partial charge in [-0.05, 0) is 73.7 Å². The van der Waals surface area contributed by atoms with Crippen molar-refractivity contribution in [2.24, 2.45) is 0 Å². The lowest BCUT2D eigenvalue weighted by molar-refractivity contribution is -0.114. The van der Waals surface area contributed by atoms with Gasteiger partial charge in [0.2, 0.25) is 5.91 Å². The van der Waals surface area contributed by atoms with Crippen LogP contribution in [0.5, 0.6) is 5.75 Å². The monoisotopic (exact) mass is 480 g/mol. The zero-order valence-corrected chi connectivity index (χ0v) is 19.5. The number of amides is 3. The van der Waals surface area contributed by atoms with Gasteiger partial charge in [-0.15, -0.1) is 0 Å². The summed E-state index contributed by atoms with van der Waals surface area (Å²) in [6, 6.07) is 18.4. The number of carbonyl (C=O) groups excluding carboxylic acids is 3. The van der Waals surface area contributed by atoms with E-state index >= 15 is 0 Å². The second-order valence-corrected chi connectivity index (χ2v) is 7.57. The zero-order valence-electron chi connectivity index (χ0n) is 18.8. The second kappa shape index (κ2) is 11.7. The van der Waals surface area contributed by atoms with Gasteiger partial charge < -0.3 is 26.0 Å². The van der Waals surface area contributed by atoms with Crippen LogP contribution in [0.15, 0.2) is 66.7 Å². The molecule has 0 atom stereocenters. The van der Waals surface area contributed by atoms with E-state index in [1.807, 2.05) is 6.92 Å². The van der Waals surface area contributed by atoms with Gasteiger partial charge in [-0.1, -0.05) is 11.6 Å². The van der Waals surface area contributed by atoms with E-state index in [0.717, 1.165) is 5.75 Å². The standard InChI is InChI=1S/C25H25ClN4O4/c1-3-34-20-11-9-19(10-12-20)30-25(33)16-4-7-18(8-5-16)29-23(31)15-28-22-14-17(24(32)27-2)6-13-21(22)26/h4-14,28H,3,15H2,1-2H3,(H,27,32)(H,29,31)(H,30,33). The van der Waals surface area contributed by atoms with Gasteiger partial charge >= 0.3 is 0 Å². The molecule has 0 aliphatic rings. The van der Waals surface area contributed by atoms with Gasteiger partial charge in [0.25, 0.3) is 11.8 Å². The lowest BCUT2D eigenvalue weighted by Gasteiger charge is -2.11. The van der Waals surface area contributed by atoms with Crippen LogP contribution in [0.2, 0.25) is 5.02 Å². The molecule has 9 heteroatoms. The molecule has 0 saturated heterocycles. The molecule has 0 saturated carbocycles. The Morgan fingerprint density at radius 1 is 0.824 bits per heavy atom. The van der Waals surface area contributed by atoms with E-state index in [4.69, 9.17) is 16.3 Å². The first-order valence-corrected chi connectivity index (χ1v) is 11.0. The van der Waals surface area contributed by atoms with Gasteiger partial charge in [0, 0.05) is 29.5 Å². The Bertz CT molecular complexity index is 1160. The fourth-order valence-electron chi connectivity index (χ4n) is 3.04. The molecule has 34 heavy (non-hydrogen) atoms. The lowest BCUT2D eigenvalue weighted by atomic mass is 10.2. The van der Waals surface area contributed by atoms with Crippen LogP contribution in [0, 0.1) is 0 Å². The fourth-order valence-corrected chi connectivity index (χ4v) is 3.22. The first-order valence-electron chi connectivity index (χ1n) is 10.6. The smallest absolute Gasteiger partial charge is 0.255 e. The predicted molar refractivity (Wildman–Crippen MR) is 134 cm³/mol. The number of anilines is 3. The molecule has 0 unspecified atom stereocenters. The van der Waals surface area contributed by atoms with E-state index in [9.17, 15) is 14.4 Å². The highest BCUT2D eigenvalue weighted by atomic mass is 35.5. The van der Waals surface area contributed by atoms with Gasteiger partial charge in [-0.25, -0.2) is 0 Å². The molecule has 0 radical (unpaired) electrons. The number of halogens is 1. The van der Waals surface area contributed by atoms with Crippen molar-refractivity contribution in [3.8, 4) is 5.75 Å². The highest BCUT2D eigenvalue weighted by Gasteiger charge is 2.10. The van der Waals surface area contributed by atoms with Gasteiger partial charge in [0.05, 0.1) is 23.9 Å². The SMILES string of the molecule is CCOc1ccc(NC(=O)c2ccc(NC(=O)CNc3cc(C(=O)NC)ccc3Cl)cc2)cc1. The van der Waals surface area contributed by atoms with Crippen LogP contribution in [0.1, 0.15) is 27.6 Å². The van der Waals surface area contributed by atoms with Gasteiger partial charge in [0.15, 0.2) is 0 Å². The Morgan fingerprint density at radius 3 is 2.09 bits per heavy atom. The number of benzene rings is 3. The number of carbonyl (C=O) groups is 3. The molecule has 0 bridgehead atoms. The molecule has 3 aromatic carbocycles. The summed E-state index contributed by atoms with van der Waals surface area (Å²) in [6.45, 7) is 2.42. The van der Waals surface area contributed by atoms with E-state index in [1.54, 1.807) is 66.7 Å². The average Bonchev–Trinajstić information content (AvgIpc) is 2.85. The minimum atomic E-state index is -0.312. The largest absolute Gasteiger partial charge is 0.494 e. The van der Waals surface area contributed by atoms with E-state index in [1.165, 1.54) is 7.05 Å². The third kappa shape index (κ3) is 6.73. The van der Waals surface area contributed by atoms with Crippen LogP contribution in [-0.2, 0) is 4.79 Å². The highest BCUT2D eigenvalue weighted by molar-refractivity contribution is 6.33. The second-order valence-electron chi connectivity index (χ2n) is 7.16. The number of ether oxygens (including phenoxy) is 1. The van der Waals surface area contributed by atoms with E-state index in [-0.39, 0.29) is 24.3 Å². The topological polar surface area (TPSA) is 109 Å². The molecule has 0 aliphatic heterocycles. The van der Waals surface area contributed by atoms with Crippen LogP contribution in [0.4, 0.5) is 17.1 Å². The molecule has 3 aromatic rings. The van der Waals surface area contributed by atoms with E-state index < -0.39 is 0 Å². The van der Waals surface area contributed by atoms with E-state index in [0.29, 0.717) is 39.8 Å². The Labute approximate surface area is 202 Å². The minimum absolute atomic E-state index is 0.0586. The Hall–Kier alpha value is -4.04. The Balaban J connectivity index is 1.53. The minimum Gasteiger partial charge on any atom is -0.494 e. The molecule has 0 spiro atoms. The van der Waals surface area contributed by atoms with Crippen molar-refractivity contribution in [3.05, 3.63) is 82.9 Å². The Morgan fingerprint density at radius 2 is 1.44 bits per heavy atom. The molecule has 4 N–H and O–H groups in total. The van der Waals surface area contributed by atoms with Crippen LogP contribution in [0.3, 0.4) is 0 Å². The number of rotatable bonds is 9. The molecule has 176 valence electrons. The molecule has 8 nitrogen and oxygen atoms in total. The first-order chi connectivity index (χ1) is 16.4. The maximum Gasteiger partial charge on any atom is 0.255 e. The van der Waals surface area contributed by atoms with Gasteiger partial charge in [-0.3, -0.25) is 14.4 Å². The van der Waals surface area contributed by atoms with Crippen molar-refractivity contribution in [1.29, 1.82) is 0 Å². The summed E-state index contributed by atoms with van der Waals surface area (Å²) in [5.74, 6) is -0.102. The third-order valence-electron chi connectivity index (χ3n) is 4.75. The average molecular weight is 481 g/mol. The van der Waals surface area contributed by atoms with Crippen LogP contribution >= 0.6 is 11.6 Å². The molecule has 0 fully saturated rings. The summed E-state index contributed by atoms with van der Waals surface area (Å²) in [5, 5.41) is 11.4. The number of hydrogen-bond acceptors (Lipinski definition) is 5. The molecular weight excluding hydrogens is 456 g/mol. The van der Waals surface area contributed by atoms with Gasteiger partial charge in [0.1, 0.15) is 5.75 Å². The summed E-state index contributed by atoms with van der Waals surface area (Å²) >= 11 is 6.14. The Kier molecular flexibility index (Phi) is 8.48. The molecule has 0 aliphatic carbocycles. The molecule has 3 rings (SSSR count). The van der Waals surface area contributed by atoms with Crippen LogP contribution in [0.25, 0.3) is 0 Å². The van der Waals surface area contributed by atoms with E-state index in [2.05, 4.69) is 21.3 Å². The molecular formula is C25H25ClN4O4. The van der Waals surface area contributed by atoms with Crippen molar-refractivity contribution >= 4 is 46.4 Å². The van der Waals surface area contributed by atoms with Crippen molar-refractivity contribution in [2.75, 3.05) is 36.1 Å². The molecule has 0 heterocycles. The van der Waals surface area contributed by atoms with Crippen molar-refractivity contribution in [3.63, 3.8) is 0 Å². The predicted octanol–water partition coefficient (Wildman–Crippen LogP) is 4.40. The summed E-state index contributed by atoms with van der Waals surface area (Å²) in [7, 11) is 1.53. The summed E-state index contributed by atoms with van der Waals surface area (Å²) in [5.41, 5.74) is 2.53. The lowest BCUT2D eigenvalue weighted by Crippen LogP contribution is -2.22. The van der Waals surface area contributed by atoms with Crippen molar-refractivity contribution in [1.82, 2.24) is 5.32 Å². The molecule has 3 amide bonds. The molecule has 0 aromatic heterocycles. The quantitative estimate of drug-likeness (QED) is 0.363. The van der Waals surface area contributed by atoms with Crippen molar-refractivity contribution < 1.29 is 19.1 Å². The first kappa shape index (κ1) is 24.6. The summed E-state index contributed by atoms with van der Waals surface area (Å²) in [4.78, 5) is 36.6. The highest BCUT2D eigenvalue weighted by Crippen LogP contribution is 2.23. The third-order valence-corrected chi connectivity index (χ3v) is 5.08. The zero-order chi connectivity index (χ0) is 24.5.